The summed E-state index contributed by atoms with van der Waals surface area (Å²) in [4.78, 5) is 14.5. The van der Waals surface area contributed by atoms with E-state index >= 15 is 0 Å². The molecule has 1 aliphatic heterocycles. The van der Waals surface area contributed by atoms with Crippen LogP contribution in [0.1, 0.15) is 47.0 Å². The molecular formula is C15H31N3O. The highest BCUT2D eigenvalue weighted by Gasteiger charge is 2.27. The van der Waals surface area contributed by atoms with Crippen LogP contribution in [0.15, 0.2) is 0 Å². The summed E-state index contributed by atoms with van der Waals surface area (Å²) < 4.78 is 0. The topological polar surface area (TPSA) is 44.4 Å². The van der Waals surface area contributed by atoms with Crippen LogP contribution in [0.5, 0.6) is 0 Å². The number of likely N-dealkylation sites (tertiary alicyclic amines) is 1. The number of nitrogens with one attached hydrogen (secondary N) is 2. The summed E-state index contributed by atoms with van der Waals surface area (Å²) >= 11 is 0. The molecule has 1 saturated heterocycles. The van der Waals surface area contributed by atoms with Gasteiger partial charge in [-0.05, 0) is 58.7 Å². The molecule has 1 heterocycles. The van der Waals surface area contributed by atoms with E-state index in [1.54, 1.807) is 0 Å². The van der Waals surface area contributed by atoms with Crippen molar-refractivity contribution in [1.82, 2.24) is 15.5 Å². The van der Waals surface area contributed by atoms with Crippen molar-refractivity contribution in [1.29, 1.82) is 0 Å². The molecule has 3 atom stereocenters. The van der Waals surface area contributed by atoms with Crippen molar-refractivity contribution in [3.63, 3.8) is 0 Å². The lowest BCUT2D eigenvalue weighted by atomic mass is 9.96. The highest BCUT2D eigenvalue weighted by Crippen LogP contribution is 2.18. The number of carbonyl (C=O) groups is 1. The summed E-state index contributed by atoms with van der Waals surface area (Å²) in [6.07, 6.45) is 3.47. The van der Waals surface area contributed by atoms with Crippen molar-refractivity contribution in [3.05, 3.63) is 0 Å². The van der Waals surface area contributed by atoms with Crippen molar-refractivity contribution in [3.8, 4) is 0 Å². The highest BCUT2D eigenvalue weighted by atomic mass is 16.2. The van der Waals surface area contributed by atoms with Gasteiger partial charge in [0.05, 0.1) is 6.04 Å². The van der Waals surface area contributed by atoms with E-state index in [0.29, 0.717) is 5.92 Å². The molecule has 0 aliphatic carbocycles. The molecule has 0 aromatic heterocycles. The molecule has 0 spiro atoms. The standard InChI is InChI=1S/C15H31N3O/c1-5-12(3)17-15(19)13(4)18-9-7-8-14(11-18)10-16-6-2/h12-14,16H,5-11H2,1-4H3,(H,17,19). The Morgan fingerprint density at radius 1 is 1.37 bits per heavy atom. The molecule has 1 amide bonds. The predicted octanol–water partition coefficient (Wildman–Crippen LogP) is 1.61. The zero-order chi connectivity index (χ0) is 14.3. The molecule has 0 aromatic rings. The SMILES string of the molecule is CCNCC1CCCN(C(C)C(=O)NC(C)CC)C1. The lowest BCUT2D eigenvalue weighted by molar-refractivity contribution is -0.127. The van der Waals surface area contributed by atoms with E-state index in [0.717, 1.165) is 32.6 Å². The molecule has 112 valence electrons. The fraction of sp³-hybridized carbons (Fsp3) is 0.933. The first-order valence-electron chi connectivity index (χ1n) is 7.83. The number of piperidine rings is 1. The number of hydrogen-bond acceptors (Lipinski definition) is 3. The monoisotopic (exact) mass is 269 g/mol. The van der Waals surface area contributed by atoms with Gasteiger partial charge in [-0.15, -0.1) is 0 Å². The molecule has 2 N–H and O–H groups in total. The van der Waals surface area contributed by atoms with E-state index in [4.69, 9.17) is 0 Å². The number of nitrogens with zero attached hydrogens (tertiary/aromatic N) is 1. The lowest BCUT2D eigenvalue weighted by Crippen LogP contribution is -2.51. The average molecular weight is 269 g/mol. The first-order valence-corrected chi connectivity index (χ1v) is 7.83. The van der Waals surface area contributed by atoms with Crippen LogP contribution < -0.4 is 10.6 Å². The van der Waals surface area contributed by atoms with Crippen LogP contribution in [0.3, 0.4) is 0 Å². The zero-order valence-electron chi connectivity index (χ0n) is 13.0. The maximum atomic E-state index is 12.2. The summed E-state index contributed by atoms with van der Waals surface area (Å²) in [6.45, 7) is 12.5. The fourth-order valence-corrected chi connectivity index (χ4v) is 2.60. The third-order valence-corrected chi connectivity index (χ3v) is 4.16. The quantitative estimate of drug-likeness (QED) is 0.738. The van der Waals surface area contributed by atoms with Gasteiger partial charge in [-0.1, -0.05) is 13.8 Å². The van der Waals surface area contributed by atoms with Gasteiger partial charge in [-0.3, -0.25) is 9.69 Å². The molecule has 3 unspecified atom stereocenters. The van der Waals surface area contributed by atoms with Gasteiger partial charge >= 0.3 is 0 Å². The van der Waals surface area contributed by atoms with Gasteiger partial charge in [-0.2, -0.15) is 0 Å². The Bertz CT molecular complexity index is 270. The summed E-state index contributed by atoms with van der Waals surface area (Å²) in [7, 11) is 0. The normalized spacial score (nSPS) is 23.9. The van der Waals surface area contributed by atoms with Crippen molar-refractivity contribution in [2.45, 2.75) is 59.0 Å². The average Bonchev–Trinajstić information content (AvgIpc) is 2.44. The van der Waals surface area contributed by atoms with Crippen LogP contribution in [-0.2, 0) is 4.79 Å². The minimum Gasteiger partial charge on any atom is -0.352 e. The van der Waals surface area contributed by atoms with Crippen LogP contribution in [0.25, 0.3) is 0 Å². The van der Waals surface area contributed by atoms with Gasteiger partial charge < -0.3 is 10.6 Å². The van der Waals surface area contributed by atoms with E-state index in [1.165, 1.54) is 12.8 Å². The number of rotatable bonds is 7. The molecule has 1 fully saturated rings. The predicted molar refractivity (Wildman–Crippen MR) is 80.2 cm³/mol. The van der Waals surface area contributed by atoms with E-state index in [2.05, 4.69) is 36.3 Å². The van der Waals surface area contributed by atoms with Crippen LogP contribution >= 0.6 is 0 Å². The second-order valence-electron chi connectivity index (χ2n) is 5.80. The molecule has 4 nitrogen and oxygen atoms in total. The highest BCUT2D eigenvalue weighted by molar-refractivity contribution is 5.81. The van der Waals surface area contributed by atoms with Gasteiger partial charge in [-0.25, -0.2) is 0 Å². The van der Waals surface area contributed by atoms with E-state index in [-0.39, 0.29) is 18.0 Å². The first kappa shape index (κ1) is 16.4. The smallest absolute Gasteiger partial charge is 0.237 e. The second kappa shape index (κ2) is 8.54. The fourth-order valence-electron chi connectivity index (χ4n) is 2.60. The minimum atomic E-state index is -0.00146. The van der Waals surface area contributed by atoms with Crippen LogP contribution in [0.2, 0.25) is 0 Å². The third-order valence-electron chi connectivity index (χ3n) is 4.16. The lowest BCUT2D eigenvalue weighted by Gasteiger charge is -2.36. The van der Waals surface area contributed by atoms with Crippen molar-refractivity contribution in [2.75, 3.05) is 26.2 Å². The van der Waals surface area contributed by atoms with Crippen LogP contribution in [-0.4, -0.2) is 49.1 Å². The summed E-state index contributed by atoms with van der Waals surface area (Å²) in [5.74, 6) is 0.867. The number of carbonyl (C=O) groups excluding carboxylic acids is 1. The Balaban J connectivity index is 2.42. The number of hydrogen-bond donors (Lipinski definition) is 2. The summed E-state index contributed by atoms with van der Waals surface area (Å²) in [6, 6.07) is 0.274. The summed E-state index contributed by atoms with van der Waals surface area (Å²) in [5, 5.41) is 6.51. The van der Waals surface area contributed by atoms with Crippen molar-refractivity contribution < 1.29 is 4.79 Å². The van der Waals surface area contributed by atoms with Crippen LogP contribution in [0, 0.1) is 5.92 Å². The van der Waals surface area contributed by atoms with E-state index in [9.17, 15) is 4.79 Å². The molecule has 19 heavy (non-hydrogen) atoms. The number of amides is 1. The third kappa shape index (κ3) is 5.49. The molecule has 1 aliphatic rings. The van der Waals surface area contributed by atoms with E-state index < -0.39 is 0 Å². The van der Waals surface area contributed by atoms with E-state index in [1.807, 2.05) is 6.92 Å². The van der Waals surface area contributed by atoms with Gasteiger partial charge in [0.1, 0.15) is 0 Å². The minimum absolute atomic E-state index is 0.00146. The van der Waals surface area contributed by atoms with Crippen molar-refractivity contribution >= 4 is 5.91 Å². The molecule has 1 rings (SSSR count). The van der Waals surface area contributed by atoms with Gasteiger partial charge in [0.15, 0.2) is 0 Å². The maximum absolute atomic E-state index is 12.2. The molecular weight excluding hydrogens is 238 g/mol. The molecule has 0 bridgehead atoms. The Kier molecular flexibility index (Phi) is 7.39. The summed E-state index contributed by atoms with van der Waals surface area (Å²) in [5.41, 5.74) is 0. The largest absolute Gasteiger partial charge is 0.352 e. The Morgan fingerprint density at radius 2 is 2.11 bits per heavy atom. The van der Waals surface area contributed by atoms with Crippen molar-refractivity contribution in [2.24, 2.45) is 5.92 Å². The molecule has 0 aromatic carbocycles. The second-order valence-corrected chi connectivity index (χ2v) is 5.80. The van der Waals surface area contributed by atoms with Gasteiger partial charge in [0.2, 0.25) is 5.91 Å². The zero-order valence-corrected chi connectivity index (χ0v) is 13.0. The van der Waals surface area contributed by atoms with Crippen LogP contribution in [0.4, 0.5) is 0 Å². The van der Waals surface area contributed by atoms with Gasteiger partial charge in [0, 0.05) is 12.6 Å². The Hall–Kier alpha value is -0.610. The molecule has 0 saturated carbocycles. The molecule has 4 heteroatoms. The molecule has 0 radical (unpaired) electrons. The Labute approximate surface area is 118 Å². The van der Waals surface area contributed by atoms with Gasteiger partial charge in [0.25, 0.3) is 0 Å². The Morgan fingerprint density at radius 3 is 2.74 bits per heavy atom. The maximum Gasteiger partial charge on any atom is 0.237 e. The first-order chi connectivity index (χ1) is 9.08.